The maximum absolute atomic E-state index is 12.9. The molecular weight excluding hydrogens is 380 g/mol. The number of rotatable bonds is 14. The Balaban J connectivity index is 2.80. The summed E-state index contributed by atoms with van der Waals surface area (Å²) in [5, 5.41) is 11.1. The first-order valence-corrected chi connectivity index (χ1v) is 9.39. The summed E-state index contributed by atoms with van der Waals surface area (Å²) in [6.45, 7) is 2.75. The molecule has 2 N–H and O–H groups in total. The van der Waals surface area contributed by atoms with Crippen LogP contribution in [0.1, 0.15) is 18.9 Å². The number of carbonyl (C=O) groups is 2. The summed E-state index contributed by atoms with van der Waals surface area (Å²) < 4.78 is 21.5. The first-order chi connectivity index (χ1) is 13.9. The molecule has 0 spiro atoms. The van der Waals surface area contributed by atoms with Crippen LogP contribution in [0.3, 0.4) is 0 Å². The first kappa shape index (κ1) is 24.8. The highest BCUT2D eigenvalue weighted by molar-refractivity contribution is 5.85. The van der Waals surface area contributed by atoms with E-state index >= 15 is 0 Å². The molecule has 0 aliphatic heterocycles. The number of carbonyl (C=O) groups excluding carboxylic acids is 1. The zero-order valence-electron chi connectivity index (χ0n) is 17.5. The van der Waals surface area contributed by atoms with Crippen LogP contribution in [0.15, 0.2) is 30.3 Å². The third-order valence-corrected chi connectivity index (χ3v) is 4.37. The molecule has 9 nitrogen and oxygen atoms in total. The molecule has 2 amide bonds. The molecule has 0 fully saturated rings. The number of ether oxygens (including phenoxy) is 4. The predicted molar refractivity (Wildman–Crippen MR) is 107 cm³/mol. The molecule has 0 aliphatic rings. The SMILES string of the molecule is COC[C@H](CCOCc1ccccc1)N(CC(OC)OC)C(=O)[C@H](C)NC(=O)O. The number of nitrogens with one attached hydrogen (secondary N) is 1. The first-order valence-electron chi connectivity index (χ1n) is 9.39. The van der Waals surface area contributed by atoms with Crippen LogP contribution in [0.25, 0.3) is 0 Å². The fourth-order valence-corrected chi connectivity index (χ4v) is 2.83. The average Bonchev–Trinajstić information content (AvgIpc) is 2.71. The highest BCUT2D eigenvalue weighted by atomic mass is 16.7. The maximum Gasteiger partial charge on any atom is 0.405 e. The van der Waals surface area contributed by atoms with Gasteiger partial charge < -0.3 is 34.3 Å². The number of nitrogens with zero attached hydrogens (tertiary/aromatic N) is 1. The summed E-state index contributed by atoms with van der Waals surface area (Å²) in [5.41, 5.74) is 1.06. The lowest BCUT2D eigenvalue weighted by Gasteiger charge is -2.35. The Labute approximate surface area is 171 Å². The molecule has 1 aromatic rings. The second kappa shape index (κ2) is 13.9. The van der Waals surface area contributed by atoms with Crippen LogP contribution >= 0.6 is 0 Å². The van der Waals surface area contributed by atoms with Gasteiger partial charge in [-0.05, 0) is 18.9 Å². The zero-order chi connectivity index (χ0) is 21.6. The standard InChI is InChI=1S/C20H32N2O7/c1-15(21-20(24)25)19(23)22(12-18(27-3)28-4)17(14-26-2)10-11-29-13-16-8-6-5-7-9-16/h5-9,15,17-18,21H,10-14H2,1-4H3,(H,24,25)/t15-,17-/m0/s1. The van der Waals surface area contributed by atoms with Gasteiger partial charge in [-0.25, -0.2) is 4.79 Å². The fourth-order valence-electron chi connectivity index (χ4n) is 2.83. The Morgan fingerprint density at radius 3 is 2.34 bits per heavy atom. The molecule has 0 heterocycles. The minimum atomic E-state index is -1.27. The van der Waals surface area contributed by atoms with Gasteiger partial charge in [0, 0.05) is 27.9 Å². The van der Waals surface area contributed by atoms with E-state index in [0.717, 1.165) is 5.56 Å². The summed E-state index contributed by atoms with van der Waals surface area (Å²) in [5.74, 6) is -0.392. The van der Waals surface area contributed by atoms with Gasteiger partial charge in [-0.15, -0.1) is 0 Å². The van der Waals surface area contributed by atoms with E-state index in [1.165, 1.54) is 26.0 Å². The minimum Gasteiger partial charge on any atom is -0.465 e. The number of hydrogen-bond acceptors (Lipinski definition) is 6. The van der Waals surface area contributed by atoms with Crippen LogP contribution < -0.4 is 5.32 Å². The van der Waals surface area contributed by atoms with Crippen molar-refractivity contribution in [1.82, 2.24) is 10.2 Å². The van der Waals surface area contributed by atoms with Gasteiger partial charge in [-0.2, -0.15) is 0 Å². The van der Waals surface area contributed by atoms with E-state index in [9.17, 15) is 9.59 Å². The predicted octanol–water partition coefficient (Wildman–Crippen LogP) is 1.71. The Bertz CT molecular complexity index is 596. The second-order valence-corrected chi connectivity index (χ2v) is 6.50. The van der Waals surface area contributed by atoms with Crippen molar-refractivity contribution >= 4 is 12.0 Å². The van der Waals surface area contributed by atoms with Crippen LogP contribution in [0.4, 0.5) is 4.79 Å². The lowest BCUT2D eigenvalue weighted by molar-refractivity contribution is -0.153. The minimum absolute atomic E-state index is 0.129. The van der Waals surface area contributed by atoms with Crippen molar-refractivity contribution in [2.24, 2.45) is 0 Å². The monoisotopic (exact) mass is 412 g/mol. The highest BCUT2D eigenvalue weighted by Gasteiger charge is 2.30. The lowest BCUT2D eigenvalue weighted by Crippen LogP contribution is -2.54. The smallest absolute Gasteiger partial charge is 0.405 e. The van der Waals surface area contributed by atoms with Crippen molar-refractivity contribution in [2.75, 3.05) is 41.1 Å². The van der Waals surface area contributed by atoms with E-state index in [0.29, 0.717) is 19.6 Å². The van der Waals surface area contributed by atoms with Gasteiger partial charge in [-0.3, -0.25) is 4.79 Å². The Kier molecular flexibility index (Phi) is 11.9. The number of amides is 2. The highest BCUT2D eigenvalue weighted by Crippen LogP contribution is 2.12. The van der Waals surface area contributed by atoms with Crippen molar-refractivity contribution < 1.29 is 33.6 Å². The quantitative estimate of drug-likeness (QED) is 0.354. The van der Waals surface area contributed by atoms with Crippen LogP contribution in [0, 0.1) is 0 Å². The zero-order valence-corrected chi connectivity index (χ0v) is 17.5. The van der Waals surface area contributed by atoms with Crippen molar-refractivity contribution in [3.8, 4) is 0 Å². The van der Waals surface area contributed by atoms with E-state index in [1.807, 2.05) is 30.3 Å². The van der Waals surface area contributed by atoms with Crippen LogP contribution in [-0.4, -0.2) is 81.5 Å². The van der Waals surface area contributed by atoms with Crippen LogP contribution in [-0.2, 0) is 30.3 Å². The summed E-state index contributed by atoms with van der Waals surface area (Å²) in [6.07, 6.45) is -1.41. The molecule has 0 unspecified atom stereocenters. The molecule has 1 aromatic carbocycles. The van der Waals surface area contributed by atoms with Crippen molar-refractivity contribution in [3.63, 3.8) is 0 Å². The summed E-state index contributed by atoms with van der Waals surface area (Å²) in [6, 6.07) is 8.52. The third-order valence-electron chi connectivity index (χ3n) is 4.37. The van der Waals surface area contributed by atoms with Gasteiger partial charge in [0.25, 0.3) is 0 Å². The molecule has 0 bridgehead atoms. The number of methoxy groups -OCH3 is 3. The van der Waals surface area contributed by atoms with Gasteiger partial charge in [0.05, 0.1) is 25.8 Å². The lowest BCUT2D eigenvalue weighted by atomic mass is 10.1. The molecule has 0 saturated carbocycles. The van der Waals surface area contributed by atoms with Gasteiger partial charge in [0.2, 0.25) is 5.91 Å². The number of benzene rings is 1. The second-order valence-electron chi connectivity index (χ2n) is 6.50. The van der Waals surface area contributed by atoms with E-state index in [1.54, 1.807) is 7.11 Å². The normalized spacial score (nSPS) is 13.1. The molecule has 2 atom stereocenters. The molecule has 1 rings (SSSR count). The van der Waals surface area contributed by atoms with Crippen LogP contribution in [0.2, 0.25) is 0 Å². The maximum atomic E-state index is 12.9. The molecule has 0 aromatic heterocycles. The van der Waals surface area contributed by atoms with E-state index in [2.05, 4.69) is 5.32 Å². The summed E-state index contributed by atoms with van der Waals surface area (Å²) in [7, 11) is 4.50. The Morgan fingerprint density at radius 2 is 1.79 bits per heavy atom. The van der Waals surface area contributed by atoms with E-state index < -0.39 is 24.3 Å². The largest absolute Gasteiger partial charge is 0.465 e. The molecule has 9 heteroatoms. The summed E-state index contributed by atoms with van der Waals surface area (Å²) in [4.78, 5) is 25.4. The average molecular weight is 412 g/mol. The number of hydrogen-bond donors (Lipinski definition) is 2. The van der Waals surface area contributed by atoms with Crippen molar-refractivity contribution in [3.05, 3.63) is 35.9 Å². The molecule has 0 saturated heterocycles. The molecule has 29 heavy (non-hydrogen) atoms. The molecule has 0 aliphatic carbocycles. The van der Waals surface area contributed by atoms with Crippen molar-refractivity contribution in [2.45, 2.75) is 38.3 Å². The summed E-state index contributed by atoms with van der Waals surface area (Å²) >= 11 is 0. The third kappa shape index (κ3) is 9.23. The van der Waals surface area contributed by atoms with Gasteiger partial charge in [-0.1, -0.05) is 30.3 Å². The number of carboxylic acid groups (broad SMARTS) is 1. The fraction of sp³-hybridized carbons (Fsp3) is 0.600. The molecule has 0 radical (unpaired) electrons. The van der Waals surface area contributed by atoms with E-state index in [-0.39, 0.29) is 19.2 Å². The topological polar surface area (TPSA) is 107 Å². The van der Waals surface area contributed by atoms with Gasteiger partial charge in [0.1, 0.15) is 6.04 Å². The van der Waals surface area contributed by atoms with Gasteiger partial charge >= 0.3 is 6.09 Å². The Hall–Kier alpha value is -2.20. The van der Waals surface area contributed by atoms with Crippen molar-refractivity contribution in [1.29, 1.82) is 0 Å². The van der Waals surface area contributed by atoms with Gasteiger partial charge in [0.15, 0.2) is 6.29 Å². The Morgan fingerprint density at radius 1 is 1.14 bits per heavy atom. The molecule has 164 valence electrons. The van der Waals surface area contributed by atoms with Crippen LogP contribution in [0.5, 0.6) is 0 Å². The van der Waals surface area contributed by atoms with E-state index in [4.69, 9.17) is 24.1 Å². The molecular formula is C20H32N2O7.